The molecule has 2 N–H and O–H groups in total. The first kappa shape index (κ1) is 14.0. The van der Waals surface area contributed by atoms with Gasteiger partial charge in [0, 0.05) is 6.42 Å². The van der Waals surface area contributed by atoms with Gasteiger partial charge >= 0.3 is 0 Å². The number of aromatic nitrogens is 4. The number of nitrogens with zero attached hydrogens (tertiary/aromatic N) is 4. The minimum atomic E-state index is -0.618. The van der Waals surface area contributed by atoms with Gasteiger partial charge in [0.1, 0.15) is 11.2 Å². The molecule has 4 rings (SSSR count). The van der Waals surface area contributed by atoms with Gasteiger partial charge < -0.3 is 10.4 Å². The summed E-state index contributed by atoms with van der Waals surface area (Å²) in [5.74, 6) is -0.244. The summed E-state index contributed by atoms with van der Waals surface area (Å²) in [6.45, 7) is 0. The van der Waals surface area contributed by atoms with Gasteiger partial charge in [-0.2, -0.15) is 4.68 Å². The number of hydrogen-bond donors (Lipinski definition) is 2. The van der Waals surface area contributed by atoms with Gasteiger partial charge in [0.15, 0.2) is 0 Å². The monoisotopic (exact) mass is 327 g/mol. The summed E-state index contributed by atoms with van der Waals surface area (Å²) in [4.78, 5) is 13.1. The van der Waals surface area contributed by atoms with E-state index in [1.165, 1.54) is 22.3 Å². The lowest BCUT2D eigenvalue weighted by molar-refractivity contribution is 0.0862. The Hall–Kier alpha value is -2.58. The average molecular weight is 327 g/mol. The molecule has 0 radical (unpaired) electrons. The number of thiophene rings is 1. The van der Waals surface area contributed by atoms with Gasteiger partial charge in [0.05, 0.1) is 17.8 Å². The molecule has 3 aromatic rings. The Morgan fingerprint density at radius 3 is 3.04 bits per heavy atom. The van der Waals surface area contributed by atoms with Crippen LogP contribution in [0.25, 0.3) is 5.69 Å². The van der Waals surface area contributed by atoms with Crippen LogP contribution in [0.5, 0.6) is 0 Å². The van der Waals surface area contributed by atoms with Gasteiger partial charge in [-0.15, -0.1) is 16.4 Å². The highest BCUT2D eigenvalue weighted by molar-refractivity contribution is 7.12. The lowest BCUT2D eigenvalue weighted by atomic mass is 10.1. The van der Waals surface area contributed by atoms with E-state index in [4.69, 9.17) is 0 Å². The molecular weight excluding hydrogens is 314 g/mol. The zero-order valence-corrected chi connectivity index (χ0v) is 12.8. The minimum Gasteiger partial charge on any atom is -0.390 e. The van der Waals surface area contributed by atoms with Crippen molar-refractivity contribution in [3.63, 3.8) is 0 Å². The van der Waals surface area contributed by atoms with Gasteiger partial charge in [0.2, 0.25) is 0 Å². The SMILES string of the molecule is O=C(NC1c2ccccc2CC1O)c1sccc1-n1cnnn1. The molecule has 1 aliphatic rings. The highest BCUT2D eigenvalue weighted by Crippen LogP contribution is 2.32. The second-order valence-corrected chi connectivity index (χ2v) is 6.23. The molecule has 0 spiro atoms. The molecule has 0 aliphatic heterocycles. The van der Waals surface area contributed by atoms with Gasteiger partial charge in [0.25, 0.3) is 5.91 Å². The van der Waals surface area contributed by atoms with Crippen molar-refractivity contribution in [2.24, 2.45) is 0 Å². The number of tetrazole rings is 1. The van der Waals surface area contributed by atoms with Crippen LogP contribution in [0.4, 0.5) is 0 Å². The third-order valence-electron chi connectivity index (χ3n) is 3.94. The van der Waals surface area contributed by atoms with Crippen molar-refractivity contribution >= 4 is 17.2 Å². The molecule has 0 saturated carbocycles. The van der Waals surface area contributed by atoms with Crippen molar-refractivity contribution < 1.29 is 9.90 Å². The molecule has 1 aliphatic carbocycles. The van der Waals surface area contributed by atoms with E-state index in [1.807, 2.05) is 29.6 Å². The third kappa shape index (κ3) is 2.41. The summed E-state index contributed by atoms with van der Waals surface area (Å²) in [7, 11) is 0. The van der Waals surface area contributed by atoms with E-state index in [1.54, 1.807) is 6.07 Å². The number of carbonyl (C=O) groups is 1. The van der Waals surface area contributed by atoms with Crippen LogP contribution in [0, 0.1) is 0 Å². The van der Waals surface area contributed by atoms with Crippen molar-refractivity contribution in [2.75, 3.05) is 0 Å². The summed E-state index contributed by atoms with van der Waals surface area (Å²) in [5, 5.41) is 26.0. The zero-order chi connectivity index (χ0) is 15.8. The second-order valence-electron chi connectivity index (χ2n) is 5.31. The molecule has 1 aromatic carbocycles. The molecule has 23 heavy (non-hydrogen) atoms. The van der Waals surface area contributed by atoms with Crippen LogP contribution in [-0.2, 0) is 6.42 Å². The van der Waals surface area contributed by atoms with E-state index in [9.17, 15) is 9.90 Å². The van der Waals surface area contributed by atoms with Crippen LogP contribution in [0.1, 0.15) is 26.8 Å². The van der Waals surface area contributed by atoms with Crippen molar-refractivity contribution in [3.8, 4) is 5.69 Å². The topological polar surface area (TPSA) is 92.9 Å². The molecule has 2 atom stereocenters. The zero-order valence-electron chi connectivity index (χ0n) is 12.0. The van der Waals surface area contributed by atoms with Crippen molar-refractivity contribution in [2.45, 2.75) is 18.6 Å². The summed E-state index contributed by atoms with van der Waals surface area (Å²) in [6.07, 6.45) is 1.37. The third-order valence-corrected chi connectivity index (χ3v) is 4.84. The van der Waals surface area contributed by atoms with Crippen LogP contribution in [0.3, 0.4) is 0 Å². The Morgan fingerprint density at radius 1 is 1.35 bits per heavy atom. The van der Waals surface area contributed by atoms with E-state index in [-0.39, 0.29) is 5.91 Å². The van der Waals surface area contributed by atoms with E-state index < -0.39 is 12.1 Å². The molecule has 2 unspecified atom stereocenters. The predicted octanol–water partition coefficient (Wildman–Crippen LogP) is 1.11. The first-order valence-electron chi connectivity index (χ1n) is 7.11. The Balaban J connectivity index is 1.61. The molecule has 0 saturated heterocycles. The lowest BCUT2D eigenvalue weighted by Crippen LogP contribution is -2.33. The second kappa shape index (κ2) is 5.56. The van der Waals surface area contributed by atoms with Crippen molar-refractivity contribution in [3.05, 3.63) is 58.0 Å². The quantitative estimate of drug-likeness (QED) is 0.752. The largest absolute Gasteiger partial charge is 0.390 e. The molecule has 116 valence electrons. The number of hydrogen-bond acceptors (Lipinski definition) is 6. The maximum atomic E-state index is 12.6. The number of rotatable bonds is 3. The van der Waals surface area contributed by atoms with Crippen LogP contribution in [0.15, 0.2) is 42.0 Å². The van der Waals surface area contributed by atoms with Crippen molar-refractivity contribution in [1.82, 2.24) is 25.5 Å². The van der Waals surface area contributed by atoms with Crippen LogP contribution in [-0.4, -0.2) is 37.3 Å². The molecule has 8 heteroatoms. The first-order valence-corrected chi connectivity index (χ1v) is 7.99. The van der Waals surface area contributed by atoms with E-state index in [0.717, 1.165) is 11.1 Å². The number of carbonyl (C=O) groups excluding carboxylic acids is 1. The van der Waals surface area contributed by atoms with Gasteiger partial charge in [-0.05, 0) is 33.0 Å². The van der Waals surface area contributed by atoms with Gasteiger partial charge in [-0.25, -0.2) is 0 Å². The smallest absolute Gasteiger partial charge is 0.264 e. The molecule has 0 fully saturated rings. The van der Waals surface area contributed by atoms with Crippen LogP contribution >= 0.6 is 11.3 Å². The number of amides is 1. The Kier molecular flexibility index (Phi) is 3.40. The average Bonchev–Trinajstić information content (AvgIpc) is 3.26. The summed E-state index contributed by atoms with van der Waals surface area (Å²) in [6, 6.07) is 9.14. The molecule has 0 bridgehead atoms. The number of nitrogens with one attached hydrogen (secondary N) is 1. The highest BCUT2D eigenvalue weighted by atomic mass is 32.1. The predicted molar refractivity (Wildman–Crippen MR) is 83.4 cm³/mol. The maximum absolute atomic E-state index is 12.6. The van der Waals surface area contributed by atoms with Gasteiger partial charge in [-0.1, -0.05) is 24.3 Å². The Morgan fingerprint density at radius 2 is 2.22 bits per heavy atom. The fourth-order valence-corrected chi connectivity index (χ4v) is 3.66. The summed E-state index contributed by atoms with van der Waals surface area (Å²) in [5.41, 5.74) is 2.66. The van der Waals surface area contributed by atoms with E-state index >= 15 is 0 Å². The Labute approximate surface area is 135 Å². The normalized spacial score (nSPS) is 19.5. The number of fused-ring (bicyclic) bond motifs is 1. The van der Waals surface area contributed by atoms with E-state index in [0.29, 0.717) is 17.0 Å². The maximum Gasteiger partial charge on any atom is 0.264 e. The Bertz CT molecular complexity index is 845. The summed E-state index contributed by atoms with van der Waals surface area (Å²) < 4.78 is 1.45. The molecule has 1 amide bonds. The van der Waals surface area contributed by atoms with E-state index in [2.05, 4.69) is 20.8 Å². The molecule has 2 heterocycles. The lowest BCUT2D eigenvalue weighted by Gasteiger charge is -2.17. The first-order chi connectivity index (χ1) is 11.2. The minimum absolute atomic E-state index is 0.244. The highest BCUT2D eigenvalue weighted by Gasteiger charge is 2.32. The number of aliphatic hydroxyl groups is 1. The molecule has 7 nitrogen and oxygen atoms in total. The fourth-order valence-electron chi connectivity index (χ4n) is 2.88. The number of aliphatic hydroxyl groups excluding tert-OH is 1. The van der Waals surface area contributed by atoms with Crippen LogP contribution < -0.4 is 5.32 Å². The molecular formula is C15H13N5O2S. The standard InChI is InChI=1S/C15H13N5O2S/c21-12-7-9-3-1-2-4-10(9)13(12)17-15(22)14-11(5-6-23-14)20-8-16-18-19-20/h1-6,8,12-13,21H,7H2,(H,17,22). The van der Waals surface area contributed by atoms with Crippen molar-refractivity contribution in [1.29, 1.82) is 0 Å². The van der Waals surface area contributed by atoms with Gasteiger partial charge in [-0.3, -0.25) is 4.79 Å². The molecule has 2 aromatic heterocycles. The number of benzene rings is 1. The van der Waals surface area contributed by atoms with Crippen LogP contribution in [0.2, 0.25) is 0 Å². The summed E-state index contributed by atoms with van der Waals surface area (Å²) >= 11 is 1.31. The fraction of sp³-hybridized carbons (Fsp3) is 0.200.